The van der Waals surface area contributed by atoms with Gasteiger partial charge >= 0.3 is 0 Å². The summed E-state index contributed by atoms with van der Waals surface area (Å²) >= 11 is 0. The van der Waals surface area contributed by atoms with Crippen LogP contribution in [0.2, 0.25) is 0 Å². The number of ether oxygens (including phenoxy) is 1. The van der Waals surface area contributed by atoms with Crippen LogP contribution in [0.25, 0.3) is 0 Å². The highest BCUT2D eigenvalue weighted by atomic mass is 16.5. The first kappa shape index (κ1) is 12.0. The molecule has 0 heterocycles. The summed E-state index contributed by atoms with van der Waals surface area (Å²) in [6.07, 6.45) is 7.83. The largest absolute Gasteiger partial charge is 0.376 e. The Balaban J connectivity index is 1.49. The van der Waals surface area contributed by atoms with E-state index in [-0.39, 0.29) is 0 Å². The molecule has 0 unspecified atom stereocenters. The van der Waals surface area contributed by atoms with Gasteiger partial charge in [-0.05, 0) is 49.5 Å². The molecular formula is C17H22O. The Morgan fingerprint density at radius 2 is 2.11 bits per heavy atom. The molecule has 2 atom stereocenters. The molecule has 1 nitrogen and oxygen atoms in total. The van der Waals surface area contributed by atoms with E-state index in [0.29, 0.717) is 5.41 Å². The molecular weight excluding hydrogens is 220 g/mol. The highest BCUT2D eigenvalue weighted by molar-refractivity contribution is 5.25. The third kappa shape index (κ3) is 2.24. The van der Waals surface area contributed by atoms with Gasteiger partial charge in [-0.3, -0.25) is 0 Å². The molecule has 0 saturated heterocycles. The summed E-state index contributed by atoms with van der Waals surface area (Å²) in [5.74, 6) is 0.776. The van der Waals surface area contributed by atoms with Crippen LogP contribution in [-0.2, 0) is 11.3 Å². The molecule has 0 amide bonds. The highest BCUT2D eigenvalue weighted by Crippen LogP contribution is 2.62. The second-order valence-corrected chi connectivity index (χ2v) is 5.84. The Bertz CT molecular complexity index is 434. The lowest BCUT2D eigenvalue weighted by Gasteiger charge is -2.22. The van der Waals surface area contributed by atoms with Gasteiger partial charge in [-0.2, -0.15) is 0 Å². The van der Waals surface area contributed by atoms with Crippen LogP contribution in [0.5, 0.6) is 0 Å². The monoisotopic (exact) mass is 242 g/mol. The lowest BCUT2D eigenvalue weighted by Crippen LogP contribution is -2.13. The van der Waals surface area contributed by atoms with Gasteiger partial charge in [0.2, 0.25) is 0 Å². The van der Waals surface area contributed by atoms with E-state index in [1.54, 1.807) is 5.57 Å². The van der Waals surface area contributed by atoms with Crippen molar-refractivity contribution in [2.75, 3.05) is 6.61 Å². The van der Waals surface area contributed by atoms with Crippen LogP contribution in [-0.4, -0.2) is 6.61 Å². The molecule has 0 bridgehead atoms. The van der Waals surface area contributed by atoms with Crippen molar-refractivity contribution in [3.05, 3.63) is 47.5 Å². The summed E-state index contributed by atoms with van der Waals surface area (Å²) in [6, 6.07) is 10.5. The molecule has 1 spiro atoms. The Labute approximate surface area is 110 Å². The minimum absolute atomic E-state index is 0.537. The van der Waals surface area contributed by atoms with Gasteiger partial charge in [-0.25, -0.2) is 0 Å². The zero-order valence-electron chi connectivity index (χ0n) is 11.2. The molecule has 0 N–H and O–H groups in total. The highest BCUT2D eigenvalue weighted by Gasteiger charge is 2.54. The first-order valence-corrected chi connectivity index (χ1v) is 7.10. The zero-order valence-corrected chi connectivity index (χ0v) is 11.2. The summed E-state index contributed by atoms with van der Waals surface area (Å²) in [5, 5.41) is 0. The molecule has 18 heavy (non-hydrogen) atoms. The molecule has 0 radical (unpaired) electrons. The number of rotatable bonds is 4. The maximum absolute atomic E-state index is 5.89. The zero-order chi connectivity index (χ0) is 12.4. The van der Waals surface area contributed by atoms with Crippen molar-refractivity contribution in [3.63, 3.8) is 0 Å². The molecule has 3 rings (SSSR count). The molecule has 2 aliphatic carbocycles. The summed E-state index contributed by atoms with van der Waals surface area (Å²) < 4.78 is 5.89. The second kappa shape index (κ2) is 4.89. The van der Waals surface area contributed by atoms with Crippen LogP contribution in [0.3, 0.4) is 0 Å². The Kier molecular flexibility index (Phi) is 3.25. The average molecular weight is 242 g/mol. The van der Waals surface area contributed by atoms with Crippen molar-refractivity contribution < 1.29 is 4.74 Å². The SMILES string of the molecule is CC1=CCCC[C@]12C[C@H]2COCc1ccccc1. The van der Waals surface area contributed by atoms with Crippen molar-refractivity contribution in [3.8, 4) is 0 Å². The minimum atomic E-state index is 0.537. The van der Waals surface area contributed by atoms with E-state index in [9.17, 15) is 0 Å². The van der Waals surface area contributed by atoms with Gasteiger partial charge in [0.25, 0.3) is 0 Å². The van der Waals surface area contributed by atoms with Gasteiger partial charge in [-0.15, -0.1) is 0 Å². The van der Waals surface area contributed by atoms with E-state index >= 15 is 0 Å². The van der Waals surface area contributed by atoms with Crippen LogP contribution in [0, 0.1) is 11.3 Å². The van der Waals surface area contributed by atoms with E-state index in [0.717, 1.165) is 19.1 Å². The summed E-state index contributed by atoms with van der Waals surface area (Å²) in [5.41, 5.74) is 3.44. The fourth-order valence-electron chi connectivity index (χ4n) is 3.42. The lowest BCUT2D eigenvalue weighted by atomic mass is 9.84. The van der Waals surface area contributed by atoms with E-state index in [4.69, 9.17) is 4.74 Å². The van der Waals surface area contributed by atoms with Gasteiger partial charge in [0.15, 0.2) is 0 Å². The lowest BCUT2D eigenvalue weighted by molar-refractivity contribution is 0.102. The van der Waals surface area contributed by atoms with Crippen molar-refractivity contribution >= 4 is 0 Å². The molecule has 0 aromatic heterocycles. The van der Waals surface area contributed by atoms with Crippen LogP contribution in [0.15, 0.2) is 42.0 Å². The maximum atomic E-state index is 5.89. The van der Waals surface area contributed by atoms with Crippen LogP contribution in [0.1, 0.15) is 38.2 Å². The minimum Gasteiger partial charge on any atom is -0.376 e. The van der Waals surface area contributed by atoms with E-state index < -0.39 is 0 Å². The standard InChI is InChI=1S/C17H22O/c1-14-7-5-6-10-17(14)11-16(17)13-18-12-15-8-3-2-4-9-15/h2-4,7-9,16H,5-6,10-13H2,1H3/t16-,17-/m0/s1. The third-order valence-corrected chi connectivity index (χ3v) is 4.73. The molecule has 0 aliphatic heterocycles. The Morgan fingerprint density at radius 3 is 2.89 bits per heavy atom. The summed E-state index contributed by atoms with van der Waals surface area (Å²) in [4.78, 5) is 0. The van der Waals surface area contributed by atoms with E-state index in [2.05, 4.69) is 43.3 Å². The quantitative estimate of drug-likeness (QED) is 0.714. The van der Waals surface area contributed by atoms with Gasteiger partial charge in [0.1, 0.15) is 0 Å². The van der Waals surface area contributed by atoms with Crippen molar-refractivity contribution in [1.29, 1.82) is 0 Å². The summed E-state index contributed by atoms with van der Waals surface area (Å²) in [7, 11) is 0. The van der Waals surface area contributed by atoms with Crippen LogP contribution >= 0.6 is 0 Å². The molecule has 1 aromatic carbocycles. The van der Waals surface area contributed by atoms with E-state index in [1.165, 1.54) is 31.2 Å². The van der Waals surface area contributed by atoms with Gasteiger partial charge in [0, 0.05) is 0 Å². The normalized spacial score (nSPS) is 30.3. The van der Waals surface area contributed by atoms with Crippen molar-refractivity contribution in [2.24, 2.45) is 11.3 Å². The fraction of sp³-hybridized carbons (Fsp3) is 0.529. The predicted octanol–water partition coefficient (Wildman–Crippen LogP) is 4.34. The van der Waals surface area contributed by atoms with Gasteiger partial charge in [-0.1, -0.05) is 42.0 Å². The Hall–Kier alpha value is -1.08. The molecule has 1 aromatic rings. The number of allylic oxidation sites excluding steroid dienone is 2. The second-order valence-electron chi connectivity index (χ2n) is 5.84. The predicted molar refractivity (Wildman–Crippen MR) is 74.2 cm³/mol. The number of hydrogen-bond donors (Lipinski definition) is 0. The maximum Gasteiger partial charge on any atom is 0.0717 e. The molecule has 96 valence electrons. The fourth-order valence-corrected chi connectivity index (χ4v) is 3.42. The van der Waals surface area contributed by atoms with Crippen molar-refractivity contribution in [1.82, 2.24) is 0 Å². The smallest absolute Gasteiger partial charge is 0.0717 e. The first-order valence-electron chi connectivity index (χ1n) is 7.10. The molecule has 1 fully saturated rings. The molecule has 1 heteroatoms. The van der Waals surface area contributed by atoms with Gasteiger partial charge < -0.3 is 4.74 Å². The topological polar surface area (TPSA) is 9.23 Å². The third-order valence-electron chi connectivity index (χ3n) is 4.73. The first-order chi connectivity index (χ1) is 8.81. The van der Waals surface area contributed by atoms with Crippen LogP contribution in [0.4, 0.5) is 0 Å². The number of benzene rings is 1. The molecule has 1 saturated carbocycles. The van der Waals surface area contributed by atoms with Crippen LogP contribution < -0.4 is 0 Å². The Morgan fingerprint density at radius 1 is 1.28 bits per heavy atom. The van der Waals surface area contributed by atoms with E-state index in [1.807, 2.05) is 0 Å². The van der Waals surface area contributed by atoms with Crippen molar-refractivity contribution in [2.45, 2.75) is 39.2 Å². The number of hydrogen-bond acceptors (Lipinski definition) is 1. The summed E-state index contributed by atoms with van der Waals surface area (Å²) in [6.45, 7) is 4.01. The molecule has 2 aliphatic rings. The average Bonchev–Trinajstić information content (AvgIpc) is 3.09. The van der Waals surface area contributed by atoms with Gasteiger partial charge in [0.05, 0.1) is 13.2 Å².